The van der Waals surface area contributed by atoms with Crippen molar-refractivity contribution < 1.29 is 14.6 Å². The second kappa shape index (κ2) is 4.31. The van der Waals surface area contributed by atoms with Gasteiger partial charge < -0.3 is 15.2 Å². The number of rotatable bonds is 3. The SMILES string of the molecule is O=C(NCCO)c1cc2n(n1)CCCO2. The van der Waals surface area contributed by atoms with Crippen molar-refractivity contribution in [3.8, 4) is 5.88 Å². The summed E-state index contributed by atoms with van der Waals surface area (Å²) in [5, 5.41) is 15.2. The standard InChI is InChI=1S/C9H13N3O3/c13-4-2-10-9(14)7-6-8-12(11-7)3-1-5-15-8/h6,13H,1-5H2,(H,10,14). The lowest BCUT2D eigenvalue weighted by Gasteiger charge is -2.13. The van der Waals surface area contributed by atoms with E-state index in [1.807, 2.05) is 0 Å². The van der Waals surface area contributed by atoms with E-state index in [-0.39, 0.29) is 19.1 Å². The number of hydrogen-bond donors (Lipinski definition) is 2. The summed E-state index contributed by atoms with van der Waals surface area (Å²) in [5.74, 6) is 0.352. The van der Waals surface area contributed by atoms with Crippen LogP contribution >= 0.6 is 0 Å². The number of aliphatic hydroxyl groups is 1. The normalized spacial score (nSPS) is 14.2. The fourth-order valence-corrected chi connectivity index (χ4v) is 1.44. The molecule has 2 N–H and O–H groups in total. The lowest BCUT2D eigenvalue weighted by atomic mass is 10.4. The van der Waals surface area contributed by atoms with Crippen LogP contribution in [0.2, 0.25) is 0 Å². The fourth-order valence-electron chi connectivity index (χ4n) is 1.44. The molecular weight excluding hydrogens is 198 g/mol. The molecule has 6 heteroatoms. The van der Waals surface area contributed by atoms with Crippen LogP contribution in [0.4, 0.5) is 0 Å². The molecule has 6 nitrogen and oxygen atoms in total. The van der Waals surface area contributed by atoms with Gasteiger partial charge in [-0.1, -0.05) is 0 Å². The van der Waals surface area contributed by atoms with Crippen molar-refractivity contribution in [2.45, 2.75) is 13.0 Å². The Morgan fingerprint density at radius 3 is 3.33 bits per heavy atom. The van der Waals surface area contributed by atoms with E-state index in [1.54, 1.807) is 10.7 Å². The highest BCUT2D eigenvalue weighted by Crippen LogP contribution is 2.17. The highest BCUT2D eigenvalue weighted by atomic mass is 16.5. The number of carbonyl (C=O) groups is 1. The minimum Gasteiger partial charge on any atom is -0.478 e. The van der Waals surface area contributed by atoms with Crippen molar-refractivity contribution >= 4 is 5.91 Å². The molecule has 1 aromatic rings. The Balaban J connectivity index is 2.08. The largest absolute Gasteiger partial charge is 0.478 e. The summed E-state index contributed by atoms with van der Waals surface area (Å²) >= 11 is 0. The van der Waals surface area contributed by atoms with Crippen LogP contribution in [0.25, 0.3) is 0 Å². The van der Waals surface area contributed by atoms with E-state index in [9.17, 15) is 4.79 Å². The molecule has 0 atom stereocenters. The molecule has 0 saturated carbocycles. The van der Waals surface area contributed by atoms with Crippen LogP contribution in [0.3, 0.4) is 0 Å². The van der Waals surface area contributed by atoms with E-state index in [0.717, 1.165) is 13.0 Å². The maximum absolute atomic E-state index is 11.5. The van der Waals surface area contributed by atoms with Gasteiger partial charge in [0.15, 0.2) is 5.69 Å². The zero-order valence-electron chi connectivity index (χ0n) is 8.27. The summed E-state index contributed by atoms with van der Waals surface area (Å²) in [6, 6.07) is 1.62. The van der Waals surface area contributed by atoms with E-state index in [0.29, 0.717) is 18.2 Å². The molecule has 2 heterocycles. The molecule has 0 bridgehead atoms. The highest BCUT2D eigenvalue weighted by Gasteiger charge is 2.17. The Morgan fingerprint density at radius 2 is 2.60 bits per heavy atom. The Labute approximate surface area is 86.8 Å². The number of aromatic nitrogens is 2. The fraction of sp³-hybridized carbons (Fsp3) is 0.556. The van der Waals surface area contributed by atoms with Crippen LogP contribution in [0.1, 0.15) is 16.9 Å². The summed E-state index contributed by atoms with van der Waals surface area (Å²) in [4.78, 5) is 11.5. The van der Waals surface area contributed by atoms with Gasteiger partial charge in [-0.3, -0.25) is 4.79 Å². The van der Waals surface area contributed by atoms with Gasteiger partial charge in [0.25, 0.3) is 5.91 Å². The molecule has 0 radical (unpaired) electrons. The highest BCUT2D eigenvalue weighted by molar-refractivity contribution is 5.92. The van der Waals surface area contributed by atoms with Crippen LogP contribution in [0.5, 0.6) is 5.88 Å². The lowest BCUT2D eigenvalue weighted by Crippen LogP contribution is -2.26. The first-order chi connectivity index (χ1) is 7.31. The number of nitrogens with one attached hydrogen (secondary N) is 1. The molecule has 1 aliphatic heterocycles. The molecule has 1 amide bonds. The monoisotopic (exact) mass is 211 g/mol. The van der Waals surface area contributed by atoms with Crippen molar-refractivity contribution in [1.29, 1.82) is 0 Å². The summed E-state index contributed by atoms with van der Waals surface area (Å²) in [6.45, 7) is 1.61. The van der Waals surface area contributed by atoms with E-state index < -0.39 is 0 Å². The van der Waals surface area contributed by atoms with E-state index >= 15 is 0 Å². The van der Waals surface area contributed by atoms with Gasteiger partial charge in [0.05, 0.1) is 13.2 Å². The zero-order valence-corrected chi connectivity index (χ0v) is 8.27. The molecule has 1 aliphatic rings. The van der Waals surface area contributed by atoms with Gasteiger partial charge >= 0.3 is 0 Å². The van der Waals surface area contributed by atoms with Gasteiger partial charge in [0.2, 0.25) is 5.88 Å². The second-order valence-corrected chi connectivity index (χ2v) is 3.27. The summed E-state index contributed by atoms with van der Waals surface area (Å²) in [6.07, 6.45) is 0.909. The van der Waals surface area contributed by atoms with Crippen LogP contribution in [0, 0.1) is 0 Å². The summed E-state index contributed by atoms with van der Waals surface area (Å²) in [5.41, 5.74) is 0.334. The third kappa shape index (κ3) is 2.10. The quantitative estimate of drug-likeness (QED) is 0.699. The summed E-state index contributed by atoms with van der Waals surface area (Å²) in [7, 11) is 0. The van der Waals surface area contributed by atoms with Crippen LogP contribution in [-0.2, 0) is 6.54 Å². The predicted molar refractivity (Wildman–Crippen MR) is 51.8 cm³/mol. The van der Waals surface area contributed by atoms with Gasteiger partial charge in [0, 0.05) is 25.6 Å². The van der Waals surface area contributed by atoms with Crippen molar-refractivity contribution in [1.82, 2.24) is 15.1 Å². The van der Waals surface area contributed by atoms with Crippen molar-refractivity contribution in [2.75, 3.05) is 19.8 Å². The molecule has 0 saturated heterocycles. The number of hydrogen-bond acceptors (Lipinski definition) is 4. The first kappa shape index (κ1) is 9.97. The molecule has 1 aromatic heterocycles. The zero-order chi connectivity index (χ0) is 10.7. The third-order valence-electron chi connectivity index (χ3n) is 2.14. The molecular formula is C9H13N3O3. The predicted octanol–water partition coefficient (Wildman–Crippen LogP) is -0.612. The minimum atomic E-state index is -0.283. The van der Waals surface area contributed by atoms with E-state index in [2.05, 4.69) is 10.4 Å². The van der Waals surface area contributed by atoms with Gasteiger partial charge in [-0.25, -0.2) is 4.68 Å². The number of aliphatic hydroxyl groups excluding tert-OH is 1. The Kier molecular flexibility index (Phi) is 2.86. The van der Waals surface area contributed by atoms with Gasteiger partial charge in [0.1, 0.15) is 0 Å². The molecule has 0 aromatic carbocycles. The average molecular weight is 211 g/mol. The Bertz CT molecular complexity index is 338. The van der Waals surface area contributed by atoms with E-state index in [1.165, 1.54) is 0 Å². The van der Waals surface area contributed by atoms with Crippen molar-refractivity contribution in [3.63, 3.8) is 0 Å². The molecule has 0 spiro atoms. The summed E-state index contributed by atoms with van der Waals surface area (Å²) < 4.78 is 7.01. The smallest absolute Gasteiger partial charge is 0.272 e. The molecule has 0 fully saturated rings. The number of carbonyl (C=O) groups excluding carboxylic acids is 1. The topological polar surface area (TPSA) is 76.4 Å². The number of ether oxygens (including phenoxy) is 1. The minimum absolute atomic E-state index is 0.0736. The average Bonchev–Trinajstić information content (AvgIpc) is 2.69. The second-order valence-electron chi connectivity index (χ2n) is 3.27. The molecule has 82 valence electrons. The number of amides is 1. The number of aryl methyl sites for hydroxylation is 1. The first-order valence-corrected chi connectivity index (χ1v) is 4.91. The van der Waals surface area contributed by atoms with Gasteiger partial charge in [-0.05, 0) is 0 Å². The Morgan fingerprint density at radius 1 is 1.73 bits per heavy atom. The van der Waals surface area contributed by atoms with Crippen LogP contribution in [0.15, 0.2) is 6.07 Å². The lowest BCUT2D eigenvalue weighted by molar-refractivity contribution is 0.0939. The maximum Gasteiger partial charge on any atom is 0.272 e. The van der Waals surface area contributed by atoms with Gasteiger partial charge in [-0.2, -0.15) is 5.10 Å². The Hall–Kier alpha value is -1.56. The third-order valence-corrected chi connectivity index (χ3v) is 2.14. The molecule has 0 aliphatic carbocycles. The number of nitrogens with zero attached hydrogens (tertiary/aromatic N) is 2. The molecule has 15 heavy (non-hydrogen) atoms. The van der Waals surface area contributed by atoms with Crippen LogP contribution in [-0.4, -0.2) is 40.6 Å². The number of fused-ring (bicyclic) bond motifs is 1. The van der Waals surface area contributed by atoms with E-state index in [4.69, 9.17) is 9.84 Å². The van der Waals surface area contributed by atoms with Crippen molar-refractivity contribution in [2.24, 2.45) is 0 Å². The molecule has 2 rings (SSSR count). The molecule has 0 unspecified atom stereocenters. The first-order valence-electron chi connectivity index (χ1n) is 4.91. The van der Waals surface area contributed by atoms with Crippen LogP contribution < -0.4 is 10.1 Å². The van der Waals surface area contributed by atoms with Gasteiger partial charge in [-0.15, -0.1) is 0 Å². The van der Waals surface area contributed by atoms with Crippen molar-refractivity contribution in [3.05, 3.63) is 11.8 Å². The maximum atomic E-state index is 11.5.